The van der Waals surface area contributed by atoms with E-state index in [-0.39, 0.29) is 0 Å². The Morgan fingerprint density at radius 1 is 1.20 bits per heavy atom. The monoisotopic (exact) mass is 272 g/mol. The molecule has 1 saturated carbocycles. The third kappa shape index (κ3) is 3.24. The Bertz CT molecular complexity index is 409. The Labute approximate surface area is 123 Å². The number of rotatable bonds is 4. The first-order valence-corrected chi connectivity index (χ1v) is 8.30. The Hall–Kier alpha value is -0.860. The van der Waals surface area contributed by atoms with Crippen molar-refractivity contribution in [3.05, 3.63) is 35.9 Å². The van der Waals surface area contributed by atoms with Crippen molar-refractivity contribution in [3.63, 3.8) is 0 Å². The lowest BCUT2D eigenvalue weighted by Crippen LogP contribution is -2.59. The van der Waals surface area contributed by atoms with Crippen LogP contribution >= 0.6 is 0 Å². The number of hydrogen-bond acceptors (Lipinski definition) is 2. The molecule has 0 radical (unpaired) electrons. The second-order valence-electron chi connectivity index (χ2n) is 6.79. The van der Waals surface area contributed by atoms with Crippen molar-refractivity contribution in [1.29, 1.82) is 0 Å². The standard InChI is InChI=1S/C18H28N2/c1-16(17-7-3-2-4-8-17)9-13-20-14-12-19-18(15-20)10-5-6-11-18/h2-4,7-8,16,19H,5-6,9-15H2,1H3. The largest absolute Gasteiger partial charge is 0.309 e. The van der Waals surface area contributed by atoms with E-state index in [1.807, 2.05) is 0 Å². The van der Waals surface area contributed by atoms with Crippen LogP contribution in [0.3, 0.4) is 0 Å². The third-order valence-electron chi connectivity index (χ3n) is 5.26. The minimum atomic E-state index is 0.467. The van der Waals surface area contributed by atoms with Crippen LogP contribution in [0.1, 0.15) is 50.5 Å². The van der Waals surface area contributed by atoms with Crippen LogP contribution in [-0.2, 0) is 0 Å². The van der Waals surface area contributed by atoms with Gasteiger partial charge in [0.2, 0.25) is 0 Å². The molecule has 2 aliphatic rings. The van der Waals surface area contributed by atoms with Gasteiger partial charge in [-0.05, 0) is 37.3 Å². The summed E-state index contributed by atoms with van der Waals surface area (Å²) in [6.45, 7) is 7.29. The molecule has 1 atom stereocenters. The normalized spacial score (nSPS) is 24.1. The van der Waals surface area contributed by atoms with Gasteiger partial charge < -0.3 is 10.2 Å². The van der Waals surface area contributed by atoms with Crippen molar-refractivity contribution < 1.29 is 0 Å². The van der Waals surface area contributed by atoms with E-state index in [1.165, 1.54) is 63.8 Å². The van der Waals surface area contributed by atoms with Gasteiger partial charge in [0.25, 0.3) is 0 Å². The summed E-state index contributed by atoms with van der Waals surface area (Å²) in [5, 5.41) is 3.80. The number of benzene rings is 1. The van der Waals surface area contributed by atoms with E-state index >= 15 is 0 Å². The Morgan fingerprint density at radius 2 is 1.95 bits per heavy atom. The number of piperazine rings is 1. The lowest BCUT2D eigenvalue weighted by atomic mass is 9.93. The molecule has 2 fully saturated rings. The van der Waals surface area contributed by atoms with Crippen LogP contribution in [0.2, 0.25) is 0 Å². The van der Waals surface area contributed by atoms with Crippen LogP contribution in [0.15, 0.2) is 30.3 Å². The van der Waals surface area contributed by atoms with Gasteiger partial charge in [-0.15, -0.1) is 0 Å². The maximum absolute atomic E-state index is 3.80. The van der Waals surface area contributed by atoms with E-state index in [0.29, 0.717) is 11.5 Å². The van der Waals surface area contributed by atoms with E-state index in [9.17, 15) is 0 Å². The number of nitrogens with one attached hydrogen (secondary N) is 1. The second kappa shape index (κ2) is 6.28. The fourth-order valence-corrected chi connectivity index (χ4v) is 3.94. The SMILES string of the molecule is CC(CCN1CCNC2(CCCC2)C1)c1ccccc1. The first-order valence-electron chi connectivity index (χ1n) is 8.30. The molecular formula is C18H28N2. The predicted octanol–water partition coefficient (Wildman–Crippen LogP) is 3.40. The lowest BCUT2D eigenvalue weighted by molar-refractivity contribution is 0.132. The van der Waals surface area contributed by atoms with Crippen LogP contribution in [0.5, 0.6) is 0 Å². The summed E-state index contributed by atoms with van der Waals surface area (Å²) >= 11 is 0. The van der Waals surface area contributed by atoms with E-state index in [4.69, 9.17) is 0 Å². The van der Waals surface area contributed by atoms with E-state index in [1.54, 1.807) is 0 Å². The van der Waals surface area contributed by atoms with Crippen molar-refractivity contribution >= 4 is 0 Å². The van der Waals surface area contributed by atoms with Crippen LogP contribution < -0.4 is 5.32 Å². The summed E-state index contributed by atoms with van der Waals surface area (Å²) < 4.78 is 0. The topological polar surface area (TPSA) is 15.3 Å². The molecule has 0 amide bonds. The number of nitrogens with zero attached hydrogens (tertiary/aromatic N) is 1. The molecule has 1 aromatic rings. The lowest BCUT2D eigenvalue weighted by Gasteiger charge is -2.42. The molecular weight excluding hydrogens is 244 g/mol. The summed E-state index contributed by atoms with van der Waals surface area (Å²) in [6.07, 6.45) is 6.89. The molecule has 1 N–H and O–H groups in total. The highest BCUT2D eigenvalue weighted by atomic mass is 15.2. The average Bonchev–Trinajstić information content (AvgIpc) is 2.93. The minimum Gasteiger partial charge on any atom is -0.309 e. The van der Waals surface area contributed by atoms with Gasteiger partial charge >= 0.3 is 0 Å². The molecule has 1 spiro atoms. The zero-order valence-electron chi connectivity index (χ0n) is 12.8. The highest BCUT2D eigenvalue weighted by Gasteiger charge is 2.37. The smallest absolute Gasteiger partial charge is 0.0309 e. The summed E-state index contributed by atoms with van der Waals surface area (Å²) in [5.41, 5.74) is 1.95. The van der Waals surface area contributed by atoms with Gasteiger partial charge in [-0.25, -0.2) is 0 Å². The maximum atomic E-state index is 3.80. The first kappa shape index (κ1) is 14.1. The average molecular weight is 272 g/mol. The van der Waals surface area contributed by atoms with Gasteiger partial charge in [0.1, 0.15) is 0 Å². The van der Waals surface area contributed by atoms with Crippen LogP contribution in [0, 0.1) is 0 Å². The van der Waals surface area contributed by atoms with Crippen molar-refractivity contribution in [2.24, 2.45) is 0 Å². The number of hydrogen-bond donors (Lipinski definition) is 1. The zero-order valence-corrected chi connectivity index (χ0v) is 12.8. The minimum absolute atomic E-state index is 0.467. The van der Waals surface area contributed by atoms with Crippen molar-refractivity contribution in [3.8, 4) is 0 Å². The molecule has 1 aromatic carbocycles. The zero-order chi connectivity index (χ0) is 13.8. The summed E-state index contributed by atoms with van der Waals surface area (Å²) in [5.74, 6) is 0.672. The molecule has 1 aliphatic carbocycles. The van der Waals surface area contributed by atoms with Crippen LogP contribution in [0.4, 0.5) is 0 Å². The molecule has 2 heteroatoms. The molecule has 110 valence electrons. The molecule has 1 aliphatic heterocycles. The molecule has 0 bridgehead atoms. The van der Waals surface area contributed by atoms with Gasteiger partial charge in [0.15, 0.2) is 0 Å². The van der Waals surface area contributed by atoms with Gasteiger partial charge in [-0.1, -0.05) is 50.1 Å². The van der Waals surface area contributed by atoms with E-state index in [2.05, 4.69) is 47.5 Å². The third-order valence-corrected chi connectivity index (χ3v) is 5.26. The molecule has 1 saturated heterocycles. The van der Waals surface area contributed by atoms with Gasteiger partial charge in [0, 0.05) is 25.2 Å². The molecule has 0 aromatic heterocycles. The highest BCUT2D eigenvalue weighted by Crippen LogP contribution is 2.32. The van der Waals surface area contributed by atoms with Crippen molar-refractivity contribution in [2.45, 2.75) is 50.5 Å². The van der Waals surface area contributed by atoms with Crippen molar-refractivity contribution in [2.75, 3.05) is 26.2 Å². The predicted molar refractivity (Wildman–Crippen MR) is 85.1 cm³/mol. The summed E-state index contributed by atoms with van der Waals surface area (Å²) in [6, 6.07) is 11.0. The fourth-order valence-electron chi connectivity index (χ4n) is 3.94. The van der Waals surface area contributed by atoms with Gasteiger partial charge in [-0.3, -0.25) is 0 Å². The molecule has 20 heavy (non-hydrogen) atoms. The van der Waals surface area contributed by atoms with E-state index in [0.717, 1.165) is 0 Å². The van der Waals surface area contributed by atoms with E-state index < -0.39 is 0 Å². The highest BCUT2D eigenvalue weighted by molar-refractivity contribution is 5.18. The van der Waals surface area contributed by atoms with Gasteiger partial charge in [-0.2, -0.15) is 0 Å². The summed E-state index contributed by atoms with van der Waals surface area (Å²) in [7, 11) is 0. The summed E-state index contributed by atoms with van der Waals surface area (Å²) in [4.78, 5) is 2.70. The molecule has 1 heterocycles. The van der Waals surface area contributed by atoms with Crippen LogP contribution in [0.25, 0.3) is 0 Å². The second-order valence-corrected chi connectivity index (χ2v) is 6.79. The molecule has 1 unspecified atom stereocenters. The maximum Gasteiger partial charge on any atom is 0.0309 e. The first-order chi connectivity index (χ1) is 9.77. The Morgan fingerprint density at radius 3 is 2.70 bits per heavy atom. The van der Waals surface area contributed by atoms with Crippen molar-refractivity contribution in [1.82, 2.24) is 10.2 Å². The fraction of sp³-hybridized carbons (Fsp3) is 0.667. The quantitative estimate of drug-likeness (QED) is 0.903. The Balaban J connectivity index is 1.51. The Kier molecular flexibility index (Phi) is 4.42. The van der Waals surface area contributed by atoms with Gasteiger partial charge in [0.05, 0.1) is 0 Å². The molecule has 3 rings (SSSR count). The molecule has 2 nitrogen and oxygen atoms in total. The van der Waals surface area contributed by atoms with Crippen LogP contribution in [-0.4, -0.2) is 36.6 Å².